The number of anilines is 2. The molecule has 5 heterocycles. The minimum Gasteiger partial charge on any atom is -0.507 e. The van der Waals surface area contributed by atoms with Crippen LogP contribution in [-0.2, 0) is 14.3 Å². The maximum absolute atomic E-state index is 13.5. The normalized spacial score (nSPS) is 20.9. The van der Waals surface area contributed by atoms with Crippen LogP contribution in [0.1, 0.15) is 50.4 Å². The predicted octanol–water partition coefficient (Wildman–Crippen LogP) is 3.99. The van der Waals surface area contributed by atoms with Crippen molar-refractivity contribution in [2.24, 2.45) is 0 Å². The number of para-hydroxylation sites is 1. The number of thiazole rings is 1. The number of nitrogens with two attached hydrogens (primary N) is 1. The van der Waals surface area contributed by atoms with E-state index in [1.54, 1.807) is 23.5 Å². The topological polar surface area (TPSA) is 169 Å². The van der Waals surface area contributed by atoms with Crippen molar-refractivity contribution in [3.8, 4) is 27.4 Å². The highest BCUT2D eigenvalue weighted by Crippen LogP contribution is 2.32. The molecule has 318 valence electrons. The molecule has 2 aromatic carbocycles. The van der Waals surface area contributed by atoms with Gasteiger partial charge in [0, 0.05) is 71.0 Å². The Bertz CT molecular complexity index is 1960. The monoisotopic (exact) mass is 828 g/mol. The van der Waals surface area contributed by atoms with Gasteiger partial charge < -0.3 is 35.6 Å². The van der Waals surface area contributed by atoms with Crippen molar-refractivity contribution >= 4 is 28.7 Å². The third kappa shape index (κ3) is 10.7. The summed E-state index contributed by atoms with van der Waals surface area (Å²) < 4.78 is 12.3. The second kappa shape index (κ2) is 20.3. The average Bonchev–Trinajstić information content (AvgIpc) is 3.93. The van der Waals surface area contributed by atoms with Crippen LogP contribution in [0.5, 0.6) is 5.75 Å². The van der Waals surface area contributed by atoms with Crippen molar-refractivity contribution in [3.63, 3.8) is 0 Å². The van der Waals surface area contributed by atoms with Crippen LogP contribution in [0, 0.1) is 6.92 Å². The second-order valence-corrected chi connectivity index (χ2v) is 16.6. The summed E-state index contributed by atoms with van der Waals surface area (Å²) in [6.07, 6.45) is 1.18. The zero-order valence-corrected chi connectivity index (χ0v) is 35.4. The Balaban J connectivity index is 0.833. The molecule has 0 radical (unpaired) electrons. The lowest BCUT2D eigenvalue weighted by atomic mass is 10.0. The number of phenolic OH excluding ortho intramolecular Hbond substituents is 1. The molecule has 4 atom stereocenters. The Hall–Kier alpha value is -4.26. The zero-order valence-electron chi connectivity index (χ0n) is 34.6. The van der Waals surface area contributed by atoms with Crippen LogP contribution in [0.4, 0.5) is 11.5 Å². The van der Waals surface area contributed by atoms with Crippen LogP contribution >= 0.6 is 11.3 Å². The van der Waals surface area contributed by atoms with Crippen molar-refractivity contribution in [1.82, 2.24) is 40.3 Å². The van der Waals surface area contributed by atoms with Gasteiger partial charge in [0.05, 0.1) is 65.5 Å². The number of hydrazine groups is 1. The molecule has 3 aliphatic heterocycles. The van der Waals surface area contributed by atoms with E-state index >= 15 is 0 Å². The number of carbonyl (C=O) groups is 1. The number of carbonyl (C=O) groups excluding carboxylic acids is 1. The first-order valence-electron chi connectivity index (χ1n) is 21.0. The molecule has 3 fully saturated rings. The van der Waals surface area contributed by atoms with E-state index in [-0.39, 0.29) is 17.7 Å². The molecule has 5 N–H and O–H groups in total. The molecule has 3 saturated heterocycles. The molecular weight excluding hydrogens is 769 g/mol. The average molecular weight is 829 g/mol. The molecule has 15 nitrogen and oxygen atoms in total. The minimum absolute atomic E-state index is 0.0633. The largest absolute Gasteiger partial charge is 0.507 e. The number of aromatic nitrogens is 3. The molecule has 0 saturated carbocycles. The molecule has 2 aromatic heterocycles. The quantitative estimate of drug-likeness (QED) is 0.153. The zero-order chi connectivity index (χ0) is 41.3. The Morgan fingerprint density at radius 1 is 0.966 bits per heavy atom. The lowest BCUT2D eigenvalue weighted by Gasteiger charge is -2.42. The van der Waals surface area contributed by atoms with E-state index in [0.29, 0.717) is 56.4 Å². The minimum atomic E-state index is -0.869. The highest BCUT2D eigenvalue weighted by molar-refractivity contribution is 7.13. The maximum Gasteiger partial charge on any atom is 0.237 e. The number of piperazine rings is 1. The van der Waals surface area contributed by atoms with E-state index in [1.165, 1.54) is 0 Å². The first kappa shape index (κ1) is 42.8. The van der Waals surface area contributed by atoms with Crippen molar-refractivity contribution in [2.75, 3.05) is 95.9 Å². The van der Waals surface area contributed by atoms with Gasteiger partial charge in [-0.3, -0.25) is 14.6 Å². The number of likely N-dealkylation sites (tertiary alicyclic amines) is 1. The number of aromatic hydroxyl groups is 1. The fourth-order valence-corrected chi connectivity index (χ4v) is 9.17. The van der Waals surface area contributed by atoms with E-state index in [4.69, 9.17) is 15.2 Å². The SMILES string of the molecule is Cc1ncsc1-c1ccc([C@H](C)NC(=O)[C@@H]2CCCN2C(O)C(C)OCCN2CCN(N3CCCN(c4cc(-c5ccccc5O)nnc4N)CCOCC3)CC2)cc1. The van der Waals surface area contributed by atoms with Gasteiger partial charge in [-0.05, 0) is 69.4 Å². The number of nitrogens with one attached hydrogen (secondary N) is 1. The highest BCUT2D eigenvalue weighted by atomic mass is 32.1. The van der Waals surface area contributed by atoms with Crippen molar-refractivity contribution < 1.29 is 24.5 Å². The summed E-state index contributed by atoms with van der Waals surface area (Å²) in [6.45, 7) is 15.9. The molecular formula is C43H60N10O5S. The van der Waals surface area contributed by atoms with Crippen LogP contribution in [0.15, 0.2) is 60.1 Å². The van der Waals surface area contributed by atoms with E-state index in [9.17, 15) is 15.0 Å². The van der Waals surface area contributed by atoms with E-state index in [1.807, 2.05) is 49.4 Å². The number of phenols is 1. The molecule has 3 aliphatic rings. The number of amides is 1. The van der Waals surface area contributed by atoms with Crippen molar-refractivity contribution in [3.05, 3.63) is 71.4 Å². The molecule has 1 amide bonds. The fourth-order valence-electron chi connectivity index (χ4n) is 8.35. The number of nitrogen functional groups attached to an aromatic ring is 1. The van der Waals surface area contributed by atoms with Crippen LogP contribution in [-0.4, -0.2) is 155 Å². The number of hydrogen-bond donors (Lipinski definition) is 4. The number of rotatable bonds is 13. The van der Waals surface area contributed by atoms with Gasteiger partial charge in [0.1, 0.15) is 12.0 Å². The number of aliphatic hydroxyl groups excluding tert-OH is 1. The van der Waals surface area contributed by atoms with Crippen LogP contribution in [0.25, 0.3) is 21.7 Å². The van der Waals surface area contributed by atoms with Crippen LogP contribution in [0.2, 0.25) is 0 Å². The summed E-state index contributed by atoms with van der Waals surface area (Å²) in [7, 11) is 0. The number of nitrogens with zero attached hydrogens (tertiary/aromatic N) is 8. The summed E-state index contributed by atoms with van der Waals surface area (Å²) in [6, 6.07) is 16.7. The van der Waals surface area contributed by atoms with Gasteiger partial charge in [-0.25, -0.2) is 15.0 Å². The van der Waals surface area contributed by atoms with Gasteiger partial charge in [-0.15, -0.1) is 21.5 Å². The number of aryl methyl sites for hydroxylation is 1. The van der Waals surface area contributed by atoms with Gasteiger partial charge in [0.15, 0.2) is 5.82 Å². The fraction of sp³-hybridized carbons (Fsp3) is 0.535. The Kier molecular flexibility index (Phi) is 14.8. The third-order valence-electron chi connectivity index (χ3n) is 11.8. The lowest BCUT2D eigenvalue weighted by Crippen LogP contribution is -2.55. The third-order valence-corrected chi connectivity index (χ3v) is 12.8. The first-order valence-corrected chi connectivity index (χ1v) is 21.9. The number of ether oxygens (including phenoxy) is 2. The summed E-state index contributed by atoms with van der Waals surface area (Å²) in [5.74, 6) is 0.447. The van der Waals surface area contributed by atoms with Gasteiger partial charge in [-0.1, -0.05) is 36.4 Å². The molecule has 2 unspecified atom stereocenters. The molecule has 0 spiro atoms. The Morgan fingerprint density at radius 3 is 2.49 bits per heavy atom. The van der Waals surface area contributed by atoms with Crippen molar-refractivity contribution in [1.29, 1.82) is 0 Å². The maximum atomic E-state index is 13.5. The molecule has 59 heavy (non-hydrogen) atoms. The predicted molar refractivity (Wildman–Crippen MR) is 231 cm³/mol. The van der Waals surface area contributed by atoms with Gasteiger partial charge in [0.25, 0.3) is 0 Å². The van der Waals surface area contributed by atoms with Crippen molar-refractivity contribution in [2.45, 2.75) is 64.4 Å². The molecule has 0 aliphatic carbocycles. The van der Waals surface area contributed by atoms with Gasteiger partial charge >= 0.3 is 0 Å². The van der Waals surface area contributed by atoms with E-state index < -0.39 is 18.4 Å². The number of hydrogen-bond acceptors (Lipinski definition) is 15. The van der Waals surface area contributed by atoms with E-state index in [2.05, 4.69) is 64.6 Å². The number of aliphatic hydroxyl groups is 1. The molecule has 7 rings (SSSR count). The summed E-state index contributed by atoms with van der Waals surface area (Å²) >= 11 is 1.63. The molecule has 4 aromatic rings. The van der Waals surface area contributed by atoms with E-state index in [0.717, 1.165) is 92.6 Å². The summed E-state index contributed by atoms with van der Waals surface area (Å²) in [5, 5.41) is 38.3. The standard InChI is InChI=1S/C43H60N10O5S/c1-30(33-11-13-34(14-12-33)40-31(2)45-29-59-40)46-42(55)37-9-6-17-53(37)43(56)32(3)58-27-22-49-18-20-52(21-19-49)51-16-7-15-50(23-25-57-26-24-51)38-28-36(47-48-41(38)44)35-8-4-5-10-39(35)54/h4-5,8,10-14,28-30,32,37,43,54,56H,6-7,9,15-27H2,1-3H3,(H2,44,48)(H,46,55)/t30-,32?,37-,43?/m0/s1. The Morgan fingerprint density at radius 2 is 1.73 bits per heavy atom. The highest BCUT2D eigenvalue weighted by Gasteiger charge is 2.37. The molecule has 0 bridgehead atoms. The smallest absolute Gasteiger partial charge is 0.237 e. The van der Waals surface area contributed by atoms with Gasteiger partial charge in [-0.2, -0.15) is 0 Å². The van der Waals surface area contributed by atoms with Crippen LogP contribution < -0.4 is 16.0 Å². The molecule has 16 heteroatoms. The van der Waals surface area contributed by atoms with Gasteiger partial charge in [0.2, 0.25) is 5.91 Å². The Labute approximate surface area is 351 Å². The van der Waals surface area contributed by atoms with Crippen LogP contribution in [0.3, 0.4) is 0 Å². The lowest BCUT2D eigenvalue weighted by molar-refractivity contribution is -0.140. The first-order chi connectivity index (χ1) is 28.7. The summed E-state index contributed by atoms with van der Waals surface area (Å²) in [5.41, 5.74) is 13.4. The second-order valence-electron chi connectivity index (χ2n) is 15.7. The number of benzene rings is 2. The summed E-state index contributed by atoms with van der Waals surface area (Å²) in [4.78, 5) is 25.5.